The molecular weight excluding hydrogens is 879 g/mol. The molecule has 0 atom stereocenters. The highest BCUT2D eigenvalue weighted by molar-refractivity contribution is 6.05. The van der Waals surface area contributed by atoms with Gasteiger partial charge in [0.1, 0.15) is 0 Å². The standard InChI is InChI=1S/C72H51N/c1-4-19-58(20-5-1)70(67-34-16-28-55-25-10-13-31-64(55)67)49-52-37-43-61(44-38-52)73(62-45-39-53(40-46-62)50-71(59-21-6-2-7-22-59)68-35-17-29-56-26-11-14-32-65(56)68)63-47-41-54(42-48-63)51-72(60-23-8-3-9-24-60)69-36-18-30-57-27-12-15-33-66(57)69/h1-51H/b70-49+,71-50+,72-51+. The van der Waals surface area contributed by atoms with Gasteiger partial charge in [-0.2, -0.15) is 0 Å². The van der Waals surface area contributed by atoms with E-state index in [2.05, 4.69) is 314 Å². The molecule has 0 unspecified atom stereocenters. The van der Waals surface area contributed by atoms with Gasteiger partial charge in [0, 0.05) is 17.1 Å². The molecule has 12 aromatic carbocycles. The minimum Gasteiger partial charge on any atom is -0.311 e. The van der Waals surface area contributed by atoms with E-state index in [1.54, 1.807) is 0 Å². The van der Waals surface area contributed by atoms with E-state index >= 15 is 0 Å². The predicted molar refractivity (Wildman–Crippen MR) is 313 cm³/mol. The predicted octanol–water partition coefficient (Wildman–Crippen LogP) is 19.4. The number of hydrogen-bond donors (Lipinski definition) is 0. The molecule has 0 aliphatic rings. The molecule has 0 aromatic heterocycles. The smallest absolute Gasteiger partial charge is 0.0462 e. The summed E-state index contributed by atoms with van der Waals surface area (Å²) < 4.78 is 0. The molecule has 0 aliphatic heterocycles. The van der Waals surface area contributed by atoms with E-state index < -0.39 is 0 Å². The second kappa shape index (κ2) is 20.4. The third-order valence-corrected chi connectivity index (χ3v) is 13.9. The van der Waals surface area contributed by atoms with Crippen LogP contribution >= 0.6 is 0 Å². The molecule has 0 spiro atoms. The van der Waals surface area contributed by atoms with Crippen LogP contribution in [0, 0.1) is 0 Å². The van der Waals surface area contributed by atoms with Crippen molar-refractivity contribution in [1.29, 1.82) is 0 Å². The summed E-state index contributed by atoms with van der Waals surface area (Å²) in [6.07, 6.45) is 6.98. The van der Waals surface area contributed by atoms with Crippen LogP contribution in [0.15, 0.2) is 291 Å². The summed E-state index contributed by atoms with van der Waals surface area (Å²) >= 11 is 0. The molecule has 344 valence electrons. The summed E-state index contributed by atoms with van der Waals surface area (Å²) in [6, 6.07) is 105. The lowest BCUT2D eigenvalue weighted by atomic mass is 9.91. The van der Waals surface area contributed by atoms with Crippen molar-refractivity contribution in [3.05, 3.63) is 341 Å². The normalized spacial score (nSPS) is 12.1. The first kappa shape index (κ1) is 44.6. The molecule has 0 radical (unpaired) electrons. The molecule has 0 amide bonds. The first-order valence-electron chi connectivity index (χ1n) is 25.1. The van der Waals surface area contributed by atoms with E-state index in [4.69, 9.17) is 0 Å². The van der Waals surface area contributed by atoms with Crippen molar-refractivity contribution in [2.75, 3.05) is 4.90 Å². The van der Waals surface area contributed by atoms with Crippen molar-refractivity contribution in [3.63, 3.8) is 0 Å². The van der Waals surface area contributed by atoms with Crippen molar-refractivity contribution >= 4 is 84.3 Å². The Labute approximate surface area is 428 Å². The lowest BCUT2D eigenvalue weighted by Gasteiger charge is -2.26. The molecular formula is C72H51N. The maximum Gasteiger partial charge on any atom is 0.0462 e. The average molecular weight is 930 g/mol. The summed E-state index contributed by atoms with van der Waals surface area (Å²) in [5.74, 6) is 0. The van der Waals surface area contributed by atoms with E-state index in [-0.39, 0.29) is 0 Å². The lowest BCUT2D eigenvalue weighted by Crippen LogP contribution is -2.09. The Hall–Kier alpha value is -9.56. The molecule has 0 saturated heterocycles. The molecule has 12 rings (SSSR count). The van der Waals surface area contributed by atoms with Gasteiger partial charge in [0.15, 0.2) is 0 Å². The molecule has 1 heteroatoms. The van der Waals surface area contributed by atoms with Crippen LogP contribution in [0.3, 0.4) is 0 Å². The monoisotopic (exact) mass is 929 g/mol. The number of fused-ring (bicyclic) bond motifs is 3. The van der Waals surface area contributed by atoms with Crippen LogP contribution in [0.5, 0.6) is 0 Å². The van der Waals surface area contributed by atoms with Gasteiger partial charge in [-0.1, -0.05) is 255 Å². The zero-order valence-electron chi connectivity index (χ0n) is 40.4. The van der Waals surface area contributed by atoms with Gasteiger partial charge in [-0.3, -0.25) is 0 Å². The minimum atomic E-state index is 1.07. The molecule has 0 saturated carbocycles. The second-order valence-corrected chi connectivity index (χ2v) is 18.5. The number of nitrogens with zero attached hydrogens (tertiary/aromatic N) is 1. The Morgan fingerprint density at radius 1 is 0.219 bits per heavy atom. The summed E-state index contributed by atoms with van der Waals surface area (Å²) in [5, 5.41) is 7.39. The number of rotatable bonds is 12. The van der Waals surface area contributed by atoms with Gasteiger partial charge < -0.3 is 4.90 Å². The Balaban J connectivity index is 0.957. The second-order valence-electron chi connectivity index (χ2n) is 18.5. The summed E-state index contributed by atoms with van der Waals surface area (Å²) in [4.78, 5) is 2.36. The highest BCUT2D eigenvalue weighted by Gasteiger charge is 2.16. The van der Waals surface area contributed by atoms with Crippen molar-refractivity contribution in [2.45, 2.75) is 0 Å². The molecule has 0 N–H and O–H groups in total. The Kier molecular flexibility index (Phi) is 12.5. The van der Waals surface area contributed by atoms with E-state index in [1.807, 2.05) is 0 Å². The van der Waals surface area contributed by atoms with Crippen LogP contribution in [0.25, 0.3) is 67.3 Å². The van der Waals surface area contributed by atoms with Gasteiger partial charge in [0.05, 0.1) is 0 Å². The topological polar surface area (TPSA) is 3.24 Å². The van der Waals surface area contributed by atoms with Crippen LogP contribution in [0.4, 0.5) is 17.1 Å². The van der Waals surface area contributed by atoms with Gasteiger partial charge in [-0.25, -0.2) is 0 Å². The quantitative estimate of drug-likeness (QED) is 0.110. The molecule has 0 fully saturated rings. The molecule has 0 aliphatic carbocycles. The third-order valence-electron chi connectivity index (χ3n) is 13.9. The van der Waals surface area contributed by atoms with Crippen molar-refractivity contribution in [3.8, 4) is 0 Å². The third kappa shape index (κ3) is 9.44. The number of benzene rings is 12. The maximum atomic E-state index is 2.36. The highest BCUT2D eigenvalue weighted by Crippen LogP contribution is 2.39. The number of hydrogen-bond acceptors (Lipinski definition) is 1. The van der Waals surface area contributed by atoms with E-state index in [9.17, 15) is 0 Å². The molecule has 0 heterocycles. The SMILES string of the molecule is C(=C(/c1ccccc1)c1cccc2ccccc12)/c1ccc(N(c2ccc(/C=C(\c3ccccc3)c3cccc4ccccc34)cc2)c2ccc(/C=C(\c3ccccc3)c3cccc4ccccc34)cc2)cc1. The van der Waals surface area contributed by atoms with Gasteiger partial charge in [-0.15, -0.1) is 0 Å². The van der Waals surface area contributed by atoms with Crippen LogP contribution in [-0.2, 0) is 0 Å². The molecule has 12 aromatic rings. The fourth-order valence-electron chi connectivity index (χ4n) is 10.3. The minimum absolute atomic E-state index is 1.07. The Morgan fingerprint density at radius 2 is 0.466 bits per heavy atom. The molecule has 1 nitrogen and oxygen atoms in total. The first-order valence-corrected chi connectivity index (χ1v) is 25.1. The van der Waals surface area contributed by atoms with Crippen molar-refractivity contribution < 1.29 is 0 Å². The van der Waals surface area contributed by atoms with Crippen LogP contribution in [0.2, 0.25) is 0 Å². The zero-order chi connectivity index (χ0) is 48.8. The van der Waals surface area contributed by atoms with Gasteiger partial charge in [-0.05, 0) is 154 Å². The van der Waals surface area contributed by atoms with E-state index in [1.165, 1.54) is 82.4 Å². The largest absolute Gasteiger partial charge is 0.311 e. The first-order chi connectivity index (χ1) is 36.2. The van der Waals surface area contributed by atoms with Crippen molar-refractivity contribution in [2.24, 2.45) is 0 Å². The summed E-state index contributed by atoms with van der Waals surface area (Å²) in [7, 11) is 0. The van der Waals surface area contributed by atoms with Crippen LogP contribution < -0.4 is 4.90 Å². The lowest BCUT2D eigenvalue weighted by molar-refractivity contribution is 1.28. The Bertz CT molecular complexity index is 3530. The fraction of sp³-hybridized carbons (Fsp3) is 0. The van der Waals surface area contributed by atoms with Crippen LogP contribution in [0.1, 0.15) is 50.1 Å². The van der Waals surface area contributed by atoms with Gasteiger partial charge in [0.25, 0.3) is 0 Å². The molecule has 0 bridgehead atoms. The molecule has 73 heavy (non-hydrogen) atoms. The average Bonchev–Trinajstić information content (AvgIpc) is 3.47. The maximum absolute atomic E-state index is 2.36. The zero-order valence-corrected chi connectivity index (χ0v) is 40.4. The highest BCUT2D eigenvalue weighted by atomic mass is 15.1. The fourth-order valence-corrected chi connectivity index (χ4v) is 10.3. The van der Waals surface area contributed by atoms with Crippen molar-refractivity contribution in [1.82, 2.24) is 0 Å². The van der Waals surface area contributed by atoms with Gasteiger partial charge >= 0.3 is 0 Å². The Morgan fingerprint density at radius 3 is 0.753 bits per heavy atom. The summed E-state index contributed by atoms with van der Waals surface area (Å²) in [6.45, 7) is 0. The summed E-state index contributed by atoms with van der Waals surface area (Å²) in [5.41, 5.74) is 17.3. The van der Waals surface area contributed by atoms with E-state index in [0.717, 1.165) is 33.8 Å². The van der Waals surface area contributed by atoms with Gasteiger partial charge in [0.2, 0.25) is 0 Å². The van der Waals surface area contributed by atoms with Crippen LogP contribution in [-0.4, -0.2) is 0 Å². The van der Waals surface area contributed by atoms with E-state index in [0.29, 0.717) is 0 Å². The number of anilines is 3.